The Morgan fingerprint density at radius 1 is 0.452 bits per heavy atom. The monoisotopic (exact) mass is 600 g/mol. The van der Waals surface area contributed by atoms with Crippen LogP contribution in [-0.2, 0) is 42.9 Å². The Labute approximate surface area is 255 Å². The summed E-state index contributed by atoms with van der Waals surface area (Å²) in [7, 11) is 0. The van der Waals surface area contributed by atoms with Gasteiger partial charge in [-0.2, -0.15) is 0 Å². The summed E-state index contributed by atoms with van der Waals surface area (Å²) in [6.45, 7) is 7.95. The summed E-state index contributed by atoms with van der Waals surface area (Å²) >= 11 is 0. The van der Waals surface area contributed by atoms with E-state index in [2.05, 4.69) is 6.92 Å². The standard InChI is InChI=1S/C33H60O9/c1-6-7-8-9-10-11-12-13-14-15-16-17-20-31(40-28(3)35)21-18-19-22-32(41-29(4)36)23-24-38-25-33(42-30(5)37)26-39-27(2)34/h31-33H,6-26H2,1-5H3. The number of carbonyl (C=O) groups is 4. The molecule has 0 fully saturated rings. The molecule has 0 aromatic rings. The molecule has 0 aromatic heterocycles. The third kappa shape index (κ3) is 28.0. The molecule has 0 amide bonds. The van der Waals surface area contributed by atoms with E-state index in [-0.39, 0.29) is 37.4 Å². The highest BCUT2D eigenvalue weighted by Crippen LogP contribution is 2.18. The molecule has 0 spiro atoms. The molecule has 0 bridgehead atoms. The molecule has 9 heteroatoms. The van der Waals surface area contributed by atoms with Crippen LogP contribution in [0.25, 0.3) is 0 Å². The van der Waals surface area contributed by atoms with Crippen LogP contribution >= 0.6 is 0 Å². The van der Waals surface area contributed by atoms with Crippen molar-refractivity contribution in [3.05, 3.63) is 0 Å². The number of hydrogen-bond donors (Lipinski definition) is 0. The first kappa shape index (κ1) is 39.8. The Hall–Kier alpha value is -2.16. The SMILES string of the molecule is CCCCCCCCCCCCCCC(CCCCC(CCOCC(COC(C)=O)OC(C)=O)OC(C)=O)OC(C)=O. The van der Waals surface area contributed by atoms with Crippen molar-refractivity contribution in [1.29, 1.82) is 0 Å². The molecule has 3 unspecified atom stereocenters. The zero-order valence-corrected chi connectivity index (χ0v) is 27.3. The van der Waals surface area contributed by atoms with E-state index in [1.165, 1.54) is 98.3 Å². The first-order chi connectivity index (χ1) is 20.1. The van der Waals surface area contributed by atoms with Gasteiger partial charge >= 0.3 is 23.9 Å². The second-order valence-corrected chi connectivity index (χ2v) is 11.3. The van der Waals surface area contributed by atoms with Gasteiger partial charge in [-0.3, -0.25) is 19.2 Å². The smallest absolute Gasteiger partial charge is 0.303 e. The molecule has 0 aliphatic heterocycles. The molecule has 0 N–H and O–H groups in total. The quantitative estimate of drug-likeness (QED) is 0.0514. The summed E-state index contributed by atoms with van der Waals surface area (Å²) in [5.74, 6) is -1.54. The fraction of sp³-hybridized carbons (Fsp3) is 0.879. The van der Waals surface area contributed by atoms with E-state index in [1.807, 2.05) is 0 Å². The van der Waals surface area contributed by atoms with Crippen molar-refractivity contribution in [3.63, 3.8) is 0 Å². The highest BCUT2D eigenvalue weighted by atomic mass is 16.6. The van der Waals surface area contributed by atoms with E-state index >= 15 is 0 Å². The van der Waals surface area contributed by atoms with E-state index < -0.39 is 18.0 Å². The van der Waals surface area contributed by atoms with Crippen molar-refractivity contribution in [2.75, 3.05) is 19.8 Å². The van der Waals surface area contributed by atoms with Gasteiger partial charge in [-0.05, 0) is 38.5 Å². The fourth-order valence-corrected chi connectivity index (χ4v) is 4.94. The highest BCUT2D eigenvalue weighted by molar-refractivity contribution is 5.67. The third-order valence-electron chi connectivity index (χ3n) is 7.04. The lowest BCUT2D eigenvalue weighted by Crippen LogP contribution is -2.29. The number of ether oxygens (including phenoxy) is 5. The molecule has 0 aliphatic carbocycles. The van der Waals surface area contributed by atoms with Crippen LogP contribution in [0.3, 0.4) is 0 Å². The molecule has 246 valence electrons. The van der Waals surface area contributed by atoms with Crippen molar-refractivity contribution >= 4 is 23.9 Å². The van der Waals surface area contributed by atoms with Gasteiger partial charge in [-0.15, -0.1) is 0 Å². The number of rotatable bonds is 28. The molecule has 0 heterocycles. The predicted molar refractivity (Wildman–Crippen MR) is 163 cm³/mol. The zero-order chi connectivity index (χ0) is 31.4. The molecular formula is C33H60O9. The van der Waals surface area contributed by atoms with Crippen molar-refractivity contribution in [2.24, 2.45) is 0 Å². The Kier molecular flexibility index (Phi) is 26.2. The average Bonchev–Trinajstić information content (AvgIpc) is 2.91. The van der Waals surface area contributed by atoms with Crippen LogP contribution in [0.1, 0.15) is 150 Å². The van der Waals surface area contributed by atoms with Crippen LogP contribution < -0.4 is 0 Å². The van der Waals surface area contributed by atoms with Gasteiger partial charge in [0.1, 0.15) is 18.8 Å². The predicted octanol–water partition coefficient (Wildman–Crippen LogP) is 7.40. The van der Waals surface area contributed by atoms with E-state index in [4.69, 9.17) is 23.7 Å². The van der Waals surface area contributed by atoms with Crippen molar-refractivity contribution in [3.8, 4) is 0 Å². The van der Waals surface area contributed by atoms with Gasteiger partial charge in [0.15, 0.2) is 6.10 Å². The Morgan fingerprint density at radius 3 is 1.26 bits per heavy atom. The molecule has 42 heavy (non-hydrogen) atoms. The molecular weight excluding hydrogens is 540 g/mol. The number of esters is 4. The molecule has 0 saturated carbocycles. The Morgan fingerprint density at radius 2 is 0.833 bits per heavy atom. The Bertz CT molecular complexity index is 710. The minimum atomic E-state index is -0.693. The average molecular weight is 601 g/mol. The molecule has 3 atom stereocenters. The summed E-state index contributed by atoms with van der Waals surface area (Å²) in [5, 5.41) is 0. The molecule has 0 aromatic carbocycles. The van der Waals surface area contributed by atoms with Crippen LogP contribution in [0.15, 0.2) is 0 Å². The van der Waals surface area contributed by atoms with Gasteiger partial charge in [-0.25, -0.2) is 0 Å². The molecule has 0 saturated heterocycles. The van der Waals surface area contributed by atoms with Crippen molar-refractivity contribution in [1.82, 2.24) is 0 Å². The van der Waals surface area contributed by atoms with Gasteiger partial charge in [0, 0.05) is 34.1 Å². The van der Waals surface area contributed by atoms with E-state index in [9.17, 15) is 19.2 Å². The van der Waals surface area contributed by atoms with Crippen molar-refractivity contribution in [2.45, 2.75) is 169 Å². The summed E-state index contributed by atoms with van der Waals surface area (Å²) in [6.07, 6.45) is 19.0. The minimum Gasteiger partial charge on any atom is -0.463 e. The summed E-state index contributed by atoms with van der Waals surface area (Å²) in [4.78, 5) is 45.5. The lowest BCUT2D eigenvalue weighted by molar-refractivity contribution is -0.160. The van der Waals surface area contributed by atoms with Crippen LogP contribution in [0.4, 0.5) is 0 Å². The molecule has 0 radical (unpaired) electrons. The van der Waals surface area contributed by atoms with Crippen LogP contribution in [0.2, 0.25) is 0 Å². The molecule has 0 aliphatic rings. The topological polar surface area (TPSA) is 114 Å². The second kappa shape index (κ2) is 27.7. The normalized spacial score (nSPS) is 13.2. The third-order valence-corrected chi connectivity index (χ3v) is 7.04. The molecule has 0 rings (SSSR count). The lowest BCUT2D eigenvalue weighted by Gasteiger charge is -2.20. The zero-order valence-electron chi connectivity index (χ0n) is 27.3. The van der Waals surface area contributed by atoms with E-state index in [0.717, 1.165) is 32.1 Å². The van der Waals surface area contributed by atoms with Crippen LogP contribution in [0.5, 0.6) is 0 Å². The summed E-state index contributed by atoms with van der Waals surface area (Å²) in [6, 6.07) is 0. The minimum absolute atomic E-state index is 0.0723. The van der Waals surface area contributed by atoms with E-state index in [1.54, 1.807) is 0 Å². The van der Waals surface area contributed by atoms with Crippen molar-refractivity contribution < 1.29 is 42.9 Å². The van der Waals surface area contributed by atoms with E-state index in [0.29, 0.717) is 19.4 Å². The van der Waals surface area contributed by atoms with Gasteiger partial charge in [0.25, 0.3) is 0 Å². The van der Waals surface area contributed by atoms with Gasteiger partial charge < -0.3 is 23.7 Å². The van der Waals surface area contributed by atoms with Gasteiger partial charge in [0.05, 0.1) is 13.2 Å². The van der Waals surface area contributed by atoms with Gasteiger partial charge in [0.2, 0.25) is 0 Å². The van der Waals surface area contributed by atoms with Crippen LogP contribution in [0, 0.1) is 0 Å². The largest absolute Gasteiger partial charge is 0.463 e. The van der Waals surface area contributed by atoms with Gasteiger partial charge in [-0.1, -0.05) is 77.6 Å². The number of hydrogen-bond acceptors (Lipinski definition) is 9. The number of unbranched alkanes of at least 4 members (excludes halogenated alkanes) is 12. The number of carbonyl (C=O) groups excluding carboxylic acids is 4. The fourth-order valence-electron chi connectivity index (χ4n) is 4.94. The lowest BCUT2D eigenvalue weighted by atomic mass is 10.0. The maximum absolute atomic E-state index is 11.6. The summed E-state index contributed by atoms with van der Waals surface area (Å²) in [5.41, 5.74) is 0. The maximum Gasteiger partial charge on any atom is 0.303 e. The Balaban J connectivity index is 4.25. The van der Waals surface area contributed by atoms with Crippen LogP contribution in [-0.4, -0.2) is 62.0 Å². The first-order valence-corrected chi connectivity index (χ1v) is 16.4. The molecule has 9 nitrogen and oxygen atoms in total. The first-order valence-electron chi connectivity index (χ1n) is 16.4. The highest BCUT2D eigenvalue weighted by Gasteiger charge is 2.17. The summed E-state index contributed by atoms with van der Waals surface area (Å²) < 4.78 is 26.7. The maximum atomic E-state index is 11.6. The second-order valence-electron chi connectivity index (χ2n) is 11.3.